The second-order valence-electron chi connectivity index (χ2n) is 6.90. The fraction of sp³-hybridized carbons (Fsp3) is 0.333. The van der Waals surface area contributed by atoms with Crippen molar-refractivity contribution in [2.45, 2.75) is 32.6 Å². The van der Waals surface area contributed by atoms with E-state index < -0.39 is 0 Å². The molecule has 2 N–H and O–H groups in total. The van der Waals surface area contributed by atoms with Crippen molar-refractivity contribution in [3.63, 3.8) is 0 Å². The number of nitrogens with zero attached hydrogens (tertiary/aromatic N) is 1. The molecule has 0 bridgehead atoms. The molecule has 5 heteroatoms. The zero-order valence-electron chi connectivity index (χ0n) is 15.3. The fourth-order valence-electron chi connectivity index (χ4n) is 3.16. The standard InChI is InChI=1S/C21H25N3OS/c1-15(2)16-9-11-17(12-10-16)20(25)23-21(26)22-18-7-3-4-8-19(18)24-13-5-6-14-24/h3-4,7-12,15H,5-6,13-14H2,1-2H3,(H2,22,23,25,26). The second-order valence-corrected chi connectivity index (χ2v) is 7.30. The molecule has 1 saturated heterocycles. The third-order valence-electron chi connectivity index (χ3n) is 4.67. The molecule has 1 aliphatic rings. The van der Waals surface area contributed by atoms with Gasteiger partial charge in [0.25, 0.3) is 5.91 Å². The first kappa shape index (κ1) is 18.4. The fourth-order valence-corrected chi connectivity index (χ4v) is 3.36. The number of carbonyl (C=O) groups is 1. The van der Waals surface area contributed by atoms with E-state index in [9.17, 15) is 4.79 Å². The Morgan fingerprint density at radius 3 is 2.35 bits per heavy atom. The van der Waals surface area contributed by atoms with E-state index in [0.717, 1.165) is 24.5 Å². The molecule has 1 aliphatic heterocycles. The Kier molecular flexibility index (Phi) is 5.89. The van der Waals surface area contributed by atoms with Crippen LogP contribution in [0.25, 0.3) is 0 Å². The lowest BCUT2D eigenvalue weighted by Gasteiger charge is -2.22. The average Bonchev–Trinajstić information content (AvgIpc) is 3.16. The lowest BCUT2D eigenvalue weighted by atomic mass is 10.0. The number of nitrogens with one attached hydrogen (secondary N) is 2. The van der Waals surface area contributed by atoms with E-state index in [0.29, 0.717) is 16.6 Å². The highest BCUT2D eigenvalue weighted by atomic mass is 32.1. The minimum atomic E-state index is -0.198. The Bertz CT molecular complexity index is 780. The number of carbonyl (C=O) groups excluding carboxylic acids is 1. The summed E-state index contributed by atoms with van der Waals surface area (Å²) in [5.41, 5.74) is 3.87. The maximum Gasteiger partial charge on any atom is 0.257 e. The molecule has 0 atom stereocenters. The van der Waals surface area contributed by atoms with Crippen LogP contribution in [0.3, 0.4) is 0 Å². The average molecular weight is 368 g/mol. The summed E-state index contributed by atoms with van der Waals surface area (Å²) in [6, 6.07) is 15.7. The van der Waals surface area contributed by atoms with Gasteiger partial charge in [0.2, 0.25) is 0 Å². The summed E-state index contributed by atoms with van der Waals surface area (Å²) in [4.78, 5) is 14.8. The summed E-state index contributed by atoms with van der Waals surface area (Å²) in [6.07, 6.45) is 2.42. The molecule has 136 valence electrons. The Balaban J connectivity index is 1.64. The third-order valence-corrected chi connectivity index (χ3v) is 4.87. The van der Waals surface area contributed by atoms with Gasteiger partial charge in [0.15, 0.2) is 5.11 Å². The lowest BCUT2D eigenvalue weighted by molar-refractivity contribution is 0.0977. The van der Waals surface area contributed by atoms with Gasteiger partial charge in [-0.2, -0.15) is 0 Å². The van der Waals surface area contributed by atoms with Crippen LogP contribution < -0.4 is 15.5 Å². The van der Waals surface area contributed by atoms with Crippen molar-refractivity contribution in [1.82, 2.24) is 5.32 Å². The van der Waals surface area contributed by atoms with Gasteiger partial charge in [-0.3, -0.25) is 10.1 Å². The van der Waals surface area contributed by atoms with E-state index in [1.807, 2.05) is 42.5 Å². The van der Waals surface area contributed by atoms with Crippen LogP contribution in [0.1, 0.15) is 48.5 Å². The predicted molar refractivity (Wildman–Crippen MR) is 112 cm³/mol. The van der Waals surface area contributed by atoms with Gasteiger partial charge in [0.1, 0.15) is 0 Å². The van der Waals surface area contributed by atoms with Crippen molar-refractivity contribution in [2.24, 2.45) is 0 Å². The van der Waals surface area contributed by atoms with Crippen LogP contribution >= 0.6 is 12.2 Å². The van der Waals surface area contributed by atoms with E-state index in [4.69, 9.17) is 12.2 Å². The van der Waals surface area contributed by atoms with Crippen LogP contribution in [0.4, 0.5) is 11.4 Å². The molecule has 1 fully saturated rings. The van der Waals surface area contributed by atoms with E-state index in [1.54, 1.807) is 0 Å². The normalized spacial score (nSPS) is 13.7. The SMILES string of the molecule is CC(C)c1ccc(C(=O)NC(=S)Nc2ccccc2N2CCCC2)cc1. The number of anilines is 2. The molecular formula is C21H25N3OS. The topological polar surface area (TPSA) is 44.4 Å². The largest absolute Gasteiger partial charge is 0.370 e. The molecule has 1 heterocycles. The third kappa shape index (κ3) is 4.41. The smallest absolute Gasteiger partial charge is 0.257 e. The molecule has 2 aromatic carbocycles. The molecule has 1 amide bonds. The van der Waals surface area contributed by atoms with Gasteiger partial charge in [-0.05, 0) is 60.8 Å². The molecule has 0 unspecified atom stereocenters. The van der Waals surface area contributed by atoms with E-state index in [2.05, 4.69) is 35.4 Å². The van der Waals surface area contributed by atoms with Crippen LogP contribution in [0, 0.1) is 0 Å². The van der Waals surface area contributed by atoms with Crippen LogP contribution in [0.2, 0.25) is 0 Å². The molecule has 26 heavy (non-hydrogen) atoms. The summed E-state index contributed by atoms with van der Waals surface area (Å²) in [7, 11) is 0. The molecule has 2 aromatic rings. The summed E-state index contributed by atoms with van der Waals surface area (Å²) >= 11 is 5.35. The summed E-state index contributed by atoms with van der Waals surface area (Å²) < 4.78 is 0. The Morgan fingerprint density at radius 2 is 1.69 bits per heavy atom. The van der Waals surface area contributed by atoms with E-state index in [1.165, 1.54) is 18.4 Å². The van der Waals surface area contributed by atoms with Crippen molar-refractivity contribution >= 4 is 34.6 Å². The molecule has 0 radical (unpaired) electrons. The van der Waals surface area contributed by atoms with Gasteiger partial charge in [-0.25, -0.2) is 0 Å². The monoisotopic (exact) mass is 367 g/mol. The van der Waals surface area contributed by atoms with Crippen LogP contribution in [-0.2, 0) is 0 Å². The number of thiocarbonyl (C=S) groups is 1. The van der Waals surface area contributed by atoms with Crippen LogP contribution in [0.15, 0.2) is 48.5 Å². The minimum absolute atomic E-state index is 0.198. The highest BCUT2D eigenvalue weighted by molar-refractivity contribution is 7.80. The molecule has 0 saturated carbocycles. The summed E-state index contributed by atoms with van der Waals surface area (Å²) in [5.74, 6) is 0.244. The highest BCUT2D eigenvalue weighted by Crippen LogP contribution is 2.28. The van der Waals surface area contributed by atoms with E-state index in [-0.39, 0.29) is 5.91 Å². The highest BCUT2D eigenvalue weighted by Gasteiger charge is 2.16. The number of hydrogen-bond donors (Lipinski definition) is 2. The predicted octanol–water partition coefficient (Wildman–Crippen LogP) is 4.54. The maximum atomic E-state index is 12.4. The molecule has 0 aliphatic carbocycles. The quantitative estimate of drug-likeness (QED) is 0.779. The van der Waals surface area contributed by atoms with Gasteiger partial charge in [0.05, 0.1) is 11.4 Å². The van der Waals surface area contributed by atoms with Crippen molar-refractivity contribution in [3.05, 3.63) is 59.7 Å². The number of benzene rings is 2. The number of para-hydroxylation sites is 2. The Labute approximate surface area is 160 Å². The van der Waals surface area contributed by atoms with Gasteiger partial charge in [-0.15, -0.1) is 0 Å². The van der Waals surface area contributed by atoms with E-state index >= 15 is 0 Å². The maximum absolute atomic E-state index is 12.4. The molecular weight excluding hydrogens is 342 g/mol. The van der Waals surface area contributed by atoms with Gasteiger partial charge in [0, 0.05) is 18.7 Å². The van der Waals surface area contributed by atoms with Crippen LogP contribution in [-0.4, -0.2) is 24.1 Å². The van der Waals surface area contributed by atoms with Gasteiger partial charge >= 0.3 is 0 Å². The van der Waals surface area contributed by atoms with Crippen LogP contribution in [0.5, 0.6) is 0 Å². The first-order valence-corrected chi connectivity index (χ1v) is 9.51. The summed E-state index contributed by atoms with van der Waals surface area (Å²) in [5, 5.41) is 6.26. The van der Waals surface area contributed by atoms with Crippen molar-refractivity contribution in [2.75, 3.05) is 23.3 Å². The van der Waals surface area contributed by atoms with Gasteiger partial charge < -0.3 is 10.2 Å². The first-order chi connectivity index (χ1) is 12.5. The second kappa shape index (κ2) is 8.32. The Morgan fingerprint density at radius 1 is 1.04 bits per heavy atom. The first-order valence-electron chi connectivity index (χ1n) is 9.11. The van der Waals surface area contributed by atoms with Crippen molar-refractivity contribution < 1.29 is 4.79 Å². The number of hydrogen-bond acceptors (Lipinski definition) is 3. The zero-order chi connectivity index (χ0) is 18.5. The molecule has 4 nitrogen and oxygen atoms in total. The number of rotatable bonds is 4. The van der Waals surface area contributed by atoms with Gasteiger partial charge in [-0.1, -0.05) is 38.1 Å². The van der Waals surface area contributed by atoms with Crippen molar-refractivity contribution in [1.29, 1.82) is 0 Å². The van der Waals surface area contributed by atoms with Crippen molar-refractivity contribution in [3.8, 4) is 0 Å². The summed E-state index contributed by atoms with van der Waals surface area (Å²) in [6.45, 7) is 6.37. The molecule has 0 spiro atoms. The zero-order valence-corrected chi connectivity index (χ0v) is 16.1. The molecule has 3 rings (SSSR count). The minimum Gasteiger partial charge on any atom is -0.370 e. The lowest BCUT2D eigenvalue weighted by Crippen LogP contribution is -2.34. The number of amides is 1. The molecule has 0 aromatic heterocycles. The Hall–Kier alpha value is -2.40.